The van der Waals surface area contributed by atoms with E-state index in [4.69, 9.17) is 0 Å². The van der Waals surface area contributed by atoms with Crippen molar-refractivity contribution in [2.45, 2.75) is 78.5 Å². The maximum Gasteiger partial charge on any atom is 0.188 e. The average molecular weight is 403 g/mol. The second-order valence-electron chi connectivity index (χ2n) is 9.30. The molecule has 3 rings (SSSR count). The lowest BCUT2D eigenvalue weighted by Gasteiger charge is -2.64. The summed E-state index contributed by atoms with van der Waals surface area (Å²) in [7, 11) is 11.0. The van der Waals surface area contributed by atoms with Crippen LogP contribution in [0.2, 0.25) is 26.2 Å². The molecule has 3 heterocycles. The van der Waals surface area contributed by atoms with Gasteiger partial charge in [0.2, 0.25) is 0 Å². The second kappa shape index (κ2) is 8.28. The van der Waals surface area contributed by atoms with Gasteiger partial charge in [-0.05, 0) is 96.2 Å². The van der Waals surface area contributed by atoms with Crippen LogP contribution in [0.15, 0.2) is 0 Å². The molecule has 3 saturated heterocycles. The lowest BCUT2D eigenvalue weighted by atomic mass is 10.2. The highest BCUT2D eigenvalue weighted by Gasteiger charge is 2.56. The minimum Gasteiger partial charge on any atom is -0.325 e. The molecule has 156 valence electrons. The van der Waals surface area contributed by atoms with Crippen molar-refractivity contribution < 1.29 is 0 Å². The van der Waals surface area contributed by atoms with Gasteiger partial charge in [0.25, 0.3) is 0 Å². The van der Waals surface area contributed by atoms with Gasteiger partial charge in [0.15, 0.2) is 16.8 Å². The largest absolute Gasteiger partial charge is 0.325 e. The zero-order valence-corrected chi connectivity index (χ0v) is 22.0. The predicted molar refractivity (Wildman–Crippen MR) is 119 cm³/mol. The molecule has 0 amide bonds. The first-order valence-corrected chi connectivity index (χ1v) is 15.7. The molecule has 0 saturated carbocycles. The van der Waals surface area contributed by atoms with Gasteiger partial charge in [-0.15, -0.1) is 0 Å². The third-order valence-electron chi connectivity index (χ3n) is 8.00. The minimum absolute atomic E-state index is 0.644. The SMILES string of the molecule is CC1N(C)C(C)N1C.CC1N(C)C(C)N1C.CN1[Si](C)(C)N(C)[Si]1(C)C. The van der Waals surface area contributed by atoms with Gasteiger partial charge in [0.05, 0.1) is 24.7 Å². The summed E-state index contributed by atoms with van der Waals surface area (Å²) >= 11 is 0. The van der Waals surface area contributed by atoms with E-state index in [0.717, 1.165) is 0 Å². The van der Waals surface area contributed by atoms with Crippen LogP contribution in [0.3, 0.4) is 0 Å². The molecule has 0 unspecified atom stereocenters. The molecule has 6 nitrogen and oxygen atoms in total. The highest BCUT2D eigenvalue weighted by Crippen LogP contribution is 2.34. The van der Waals surface area contributed by atoms with E-state index in [9.17, 15) is 0 Å². The Kier molecular flexibility index (Phi) is 7.72. The highest BCUT2D eigenvalue weighted by molar-refractivity contribution is 7.03. The van der Waals surface area contributed by atoms with E-state index < -0.39 is 16.8 Å². The molecule has 8 heteroatoms. The summed E-state index contributed by atoms with van der Waals surface area (Å²) in [5.41, 5.74) is 0. The van der Waals surface area contributed by atoms with Crippen LogP contribution >= 0.6 is 0 Å². The molecule has 0 N–H and O–H groups in total. The van der Waals surface area contributed by atoms with Crippen LogP contribution in [0.1, 0.15) is 27.7 Å². The van der Waals surface area contributed by atoms with Gasteiger partial charge in [0, 0.05) is 0 Å². The monoisotopic (exact) mass is 402 g/mol. The Hall–Kier alpha value is 0.194. The Balaban J connectivity index is 0.000000197. The lowest BCUT2D eigenvalue weighted by molar-refractivity contribution is -0.123. The number of hydrogen-bond acceptors (Lipinski definition) is 6. The standard InChI is InChI=1S/C6H18N2Si2.2C6H14N2/c1-7-9(3,4)8(2)10(7,5)6;2*1-5-7(3)6(2)8(5)4/h1-6H3;2*5-6H,1-4H3. The maximum atomic E-state index is 2.65. The third-order valence-corrected chi connectivity index (χ3v) is 21.1. The van der Waals surface area contributed by atoms with Gasteiger partial charge in [-0.2, -0.15) is 0 Å². The van der Waals surface area contributed by atoms with E-state index >= 15 is 0 Å². The third kappa shape index (κ3) is 4.12. The molecule has 3 aliphatic rings. The van der Waals surface area contributed by atoms with Crippen LogP contribution < -0.4 is 0 Å². The van der Waals surface area contributed by atoms with E-state index in [0.29, 0.717) is 24.7 Å². The average Bonchev–Trinajstić information content (AvgIpc) is 2.64. The number of rotatable bonds is 0. The molecule has 0 atom stereocenters. The van der Waals surface area contributed by atoms with Crippen LogP contribution in [-0.4, -0.2) is 112 Å². The maximum absolute atomic E-state index is 2.65. The predicted octanol–water partition coefficient (Wildman–Crippen LogP) is 2.38. The van der Waals surface area contributed by atoms with Gasteiger partial charge in [-0.25, -0.2) is 0 Å². The normalized spacial score (nSPS) is 38.1. The van der Waals surface area contributed by atoms with Gasteiger partial charge >= 0.3 is 0 Å². The van der Waals surface area contributed by atoms with E-state index in [1.54, 1.807) is 0 Å². The second-order valence-corrected chi connectivity index (χ2v) is 18.9. The van der Waals surface area contributed by atoms with E-state index in [1.807, 2.05) is 0 Å². The zero-order valence-electron chi connectivity index (χ0n) is 20.0. The van der Waals surface area contributed by atoms with Crippen molar-refractivity contribution in [1.82, 2.24) is 28.1 Å². The summed E-state index contributed by atoms with van der Waals surface area (Å²) in [6, 6.07) is 0. The molecular formula is C18H46N6Si2. The van der Waals surface area contributed by atoms with E-state index in [1.165, 1.54) is 0 Å². The van der Waals surface area contributed by atoms with Gasteiger partial charge < -0.3 is 8.46 Å². The summed E-state index contributed by atoms with van der Waals surface area (Å²) in [6.07, 6.45) is 2.57. The molecule has 26 heavy (non-hydrogen) atoms. The van der Waals surface area contributed by atoms with Crippen LogP contribution in [0.5, 0.6) is 0 Å². The summed E-state index contributed by atoms with van der Waals surface area (Å²) in [5, 5.41) is 0. The van der Waals surface area contributed by atoms with Crippen LogP contribution in [0.4, 0.5) is 0 Å². The van der Waals surface area contributed by atoms with Crippen molar-refractivity contribution in [2.75, 3.05) is 42.3 Å². The van der Waals surface area contributed by atoms with E-state index in [-0.39, 0.29) is 0 Å². The zero-order chi connectivity index (χ0) is 20.8. The summed E-state index contributed by atoms with van der Waals surface area (Å²) in [6.45, 7) is 18.5. The van der Waals surface area contributed by atoms with Gasteiger partial charge in [-0.3, -0.25) is 19.6 Å². The fourth-order valence-electron chi connectivity index (χ4n) is 4.00. The highest BCUT2D eigenvalue weighted by atomic mass is 28.5. The Morgan fingerprint density at radius 1 is 0.423 bits per heavy atom. The van der Waals surface area contributed by atoms with Crippen LogP contribution in [0.25, 0.3) is 0 Å². The van der Waals surface area contributed by atoms with Crippen LogP contribution in [0, 0.1) is 0 Å². The quantitative estimate of drug-likeness (QED) is 0.575. The molecule has 0 bridgehead atoms. The molecule has 0 aromatic heterocycles. The van der Waals surface area contributed by atoms with Crippen molar-refractivity contribution in [3.63, 3.8) is 0 Å². The summed E-state index contributed by atoms with van der Waals surface area (Å²) in [4.78, 5) is 9.33. The van der Waals surface area contributed by atoms with Crippen molar-refractivity contribution in [2.24, 2.45) is 0 Å². The van der Waals surface area contributed by atoms with Crippen LogP contribution in [-0.2, 0) is 0 Å². The smallest absolute Gasteiger partial charge is 0.188 e. The summed E-state index contributed by atoms with van der Waals surface area (Å²) < 4.78 is 5.31. The minimum atomic E-state index is -1.06. The first-order valence-electron chi connectivity index (χ1n) is 9.95. The topological polar surface area (TPSA) is 19.4 Å². The summed E-state index contributed by atoms with van der Waals surface area (Å²) in [5.74, 6) is 0. The molecular weight excluding hydrogens is 356 g/mol. The van der Waals surface area contributed by atoms with Crippen molar-refractivity contribution in [3.8, 4) is 0 Å². The van der Waals surface area contributed by atoms with Crippen molar-refractivity contribution in [3.05, 3.63) is 0 Å². The fraction of sp³-hybridized carbons (Fsp3) is 1.00. The first-order chi connectivity index (χ1) is 11.6. The number of hydrogen-bond donors (Lipinski definition) is 0. The number of nitrogens with zero attached hydrogens (tertiary/aromatic N) is 6. The molecule has 0 aliphatic carbocycles. The Morgan fingerprint density at radius 3 is 0.654 bits per heavy atom. The van der Waals surface area contributed by atoms with Crippen molar-refractivity contribution in [1.29, 1.82) is 0 Å². The molecule has 3 fully saturated rings. The molecule has 0 radical (unpaired) electrons. The fourth-order valence-corrected chi connectivity index (χ4v) is 16.8. The molecule has 0 aromatic rings. The van der Waals surface area contributed by atoms with Gasteiger partial charge in [-0.1, -0.05) is 0 Å². The van der Waals surface area contributed by atoms with Crippen molar-refractivity contribution >= 4 is 16.8 Å². The Morgan fingerprint density at radius 2 is 0.577 bits per heavy atom. The first kappa shape index (κ1) is 24.2. The Bertz CT molecular complexity index is 357. The molecule has 3 aliphatic heterocycles. The van der Waals surface area contributed by atoms with E-state index in [2.05, 4.69) is 124 Å². The van der Waals surface area contributed by atoms with Gasteiger partial charge in [0.1, 0.15) is 0 Å². The molecule has 0 aromatic carbocycles. The lowest BCUT2D eigenvalue weighted by Crippen LogP contribution is -2.87. The Labute approximate surface area is 166 Å². The molecule has 0 spiro atoms.